The average Bonchev–Trinajstić information content (AvgIpc) is 2.87. The summed E-state index contributed by atoms with van der Waals surface area (Å²) in [5, 5.41) is 11.2. The number of benzene rings is 1. The minimum atomic E-state index is -1.27. The summed E-state index contributed by atoms with van der Waals surface area (Å²) in [4.78, 5) is 22.1. The Bertz CT molecular complexity index is 714. The highest BCUT2D eigenvalue weighted by Crippen LogP contribution is 2.29. The summed E-state index contributed by atoms with van der Waals surface area (Å²) in [5.74, 6) is -0.843. The second-order valence-electron chi connectivity index (χ2n) is 4.52. The summed E-state index contributed by atoms with van der Waals surface area (Å²) >= 11 is 0. The second kappa shape index (κ2) is 4.42. The number of hydrogen-bond acceptors (Lipinski definition) is 5. The average molecular weight is 259 g/mol. The van der Waals surface area contributed by atoms with Crippen LogP contribution < -0.4 is 15.5 Å². The minimum Gasteiger partial charge on any atom is -0.546 e. The first-order valence-corrected chi connectivity index (χ1v) is 6.06. The fourth-order valence-electron chi connectivity index (χ4n) is 2.49. The molecule has 0 spiro atoms. The molecule has 0 saturated heterocycles. The van der Waals surface area contributed by atoms with Crippen LogP contribution in [0.3, 0.4) is 0 Å². The van der Waals surface area contributed by atoms with Gasteiger partial charge in [-0.25, -0.2) is 4.79 Å². The van der Waals surface area contributed by atoms with Crippen LogP contribution in [0.25, 0.3) is 11.0 Å². The van der Waals surface area contributed by atoms with Crippen LogP contribution in [0, 0.1) is 0 Å². The van der Waals surface area contributed by atoms with Crippen LogP contribution in [-0.2, 0) is 17.6 Å². The van der Waals surface area contributed by atoms with Gasteiger partial charge in [-0.15, -0.1) is 0 Å². The molecule has 1 aliphatic rings. The number of hydrogen-bond donors (Lipinski definition) is 0. The van der Waals surface area contributed by atoms with Crippen LogP contribution in [0.15, 0.2) is 27.4 Å². The first kappa shape index (κ1) is 11.8. The molecule has 0 saturated carbocycles. The molecule has 2 aromatic rings. The van der Waals surface area contributed by atoms with E-state index in [2.05, 4.69) is 0 Å². The van der Waals surface area contributed by atoms with Crippen LogP contribution in [0.1, 0.15) is 17.5 Å². The third-order valence-corrected chi connectivity index (χ3v) is 3.30. The monoisotopic (exact) mass is 259 g/mol. The SMILES string of the molecule is O=C([O-])COc1ccc2oc(=O)c3c(c2c1)CCC3. The summed E-state index contributed by atoms with van der Waals surface area (Å²) < 4.78 is 10.3. The highest BCUT2D eigenvalue weighted by molar-refractivity contribution is 5.83. The number of carbonyl (C=O) groups excluding carboxylic acids is 1. The van der Waals surface area contributed by atoms with Gasteiger partial charge in [0.15, 0.2) is 0 Å². The van der Waals surface area contributed by atoms with Crippen molar-refractivity contribution in [2.75, 3.05) is 6.61 Å². The van der Waals surface area contributed by atoms with E-state index in [0.717, 1.165) is 35.8 Å². The van der Waals surface area contributed by atoms with Gasteiger partial charge >= 0.3 is 5.63 Å². The lowest BCUT2D eigenvalue weighted by atomic mass is 10.1. The maximum Gasteiger partial charge on any atom is 0.339 e. The third kappa shape index (κ3) is 2.07. The Morgan fingerprint density at radius 1 is 1.32 bits per heavy atom. The van der Waals surface area contributed by atoms with Crippen molar-refractivity contribution in [3.8, 4) is 5.75 Å². The molecule has 1 heterocycles. The van der Waals surface area contributed by atoms with Gasteiger partial charge in [0, 0.05) is 10.9 Å². The number of carbonyl (C=O) groups is 1. The number of carboxylic acids is 1. The van der Waals surface area contributed by atoms with Crippen molar-refractivity contribution in [3.63, 3.8) is 0 Å². The van der Waals surface area contributed by atoms with Crippen LogP contribution in [0.4, 0.5) is 0 Å². The van der Waals surface area contributed by atoms with E-state index in [9.17, 15) is 14.7 Å². The molecule has 1 aromatic carbocycles. The molecule has 98 valence electrons. The van der Waals surface area contributed by atoms with E-state index >= 15 is 0 Å². The van der Waals surface area contributed by atoms with Gasteiger partial charge in [-0.1, -0.05) is 0 Å². The summed E-state index contributed by atoms with van der Waals surface area (Å²) in [6.45, 7) is -0.496. The van der Waals surface area contributed by atoms with Gasteiger partial charge in [-0.3, -0.25) is 0 Å². The molecule has 0 unspecified atom stereocenters. The Hall–Kier alpha value is -2.30. The summed E-state index contributed by atoms with van der Waals surface area (Å²) in [6.07, 6.45) is 2.50. The normalized spacial score (nSPS) is 13.5. The van der Waals surface area contributed by atoms with Crippen molar-refractivity contribution in [2.24, 2.45) is 0 Å². The van der Waals surface area contributed by atoms with Gasteiger partial charge in [0.05, 0.1) is 5.97 Å². The smallest absolute Gasteiger partial charge is 0.339 e. The predicted molar refractivity (Wildman–Crippen MR) is 65.0 cm³/mol. The van der Waals surface area contributed by atoms with E-state index in [1.54, 1.807) is 18.2 Å². The molecule has 1 aliphatic carbocycles. The lowest BCUT2D eigenvalue weighted by molar-refractivity contribution is -0.307. The van der Waals surface area contributed by atoms with Crippen molar-refractivity contribution < 1.29 is 19.1 Å². The fraction of sp³-hybridized carbons (Fsp3) is 0.286. The van der Waals surface area contributed by atoms with Crippen molar-refractivity contribution >= 4 is 16.9 Å². The van der Waals surface area contributed by atoms with E-state index in [1.165, 1.54) is 0 Å². The molecule has 0 bridgehead atoms. The first-order chi connectivity index (χ1) is 9.15. The standard InChI is InChI=1S/C14H12O5/c15-13(16)7-18-8-4-5-12-11(6-8)9-2-1-3-10(9)14(17)19-12/h4-6H,1-3,7H2,(H,15,16)/p-1. The Labute approximate surface area is 108 Å². The van der Waals surface area contributed by atoms with E-state index in [1.807, 2.05) is 0 Å². The Morgan fingerprint density at radius 3 is 2.89 bits per heavy atom. The third-order valence-electron chi connectivity index (χ3n) is 3.30. The van der Waals surface area contributed by atoms with Crippen molar-refractivity contribution in [2.45, 2.75) is 19.3 Å². The highest BCUT2D eigenvalue weighted by atomic mass is 16.5. The van der Waals surface area contributed by atoms with Gasteiger partial charge in [0.25, 0.3) is 0 Å². The largest absolute Gasteiger partial charge is 0.546 e. The molecule has 0 N–H and O–H groups in total. The van der Waals surface area contributed by atoms with E-state index in [4.69, 9.17) is 9.15 Å². The topological polar surface area (TPSA) is 79.6 Å². The summed E-state index contributed by atoms with van der Waals surface area (Å²) in [7, 11) is 0. The molecule has 0 fully saturated rings. The zero-order valence-corrected chi connectivity index (χ0v) is 10.1. The van der Waals surface area contributed by atoms with Crippen LogP contribution in [0.2, 0.25) is 0 Å². The minimum absolute atomic E-state index is 0.275. The zero-order valence-electron chi connectivity index (χ0n) is 10.1. The molecular weight excluding hydrogens is 248 g/mol. The fourth-order valence-corrected chi connectivity index (χ4v) is 2.49. The Balaban J connectivity index is 2.09. The number of aliphatic carboxylic acids is 1. The summed E-state index contributed by atoms with van der Waals surface area (Å²) in [5.41, 5.74) is 1.95. The zero-order chi connectivity index (χ0) is 13.4. The molecule has 0 radical (unpaired) electrons. The Morgan fingerprint density at radius 2 is 2.11 bits per heavy atom. The highest BCUT2D eigenvalue weighted by Gasteiger charge is 2.19. The maximum atomic E-state index is 11.7. The van der Waals surface area contributed by atoms with E-state index < -0.39 is 12.6 Å². The number of aryl methyl sites for hydroxylation is 1. The Kier molecular flexibility index (Phi) is 2.74. The molecule has 5 nitrogen and oxygen atoms in total. The number of rotatable bonds is 3. The van der Waals surface area contributed by atoms with Gasteiger partial charge in [-0.2, -0.15) is 0 Å². The maximum absolute atomic E-state index is 11.7. The number of carboxylic acid groups (broad SMARTS) is 1. The lowest BCUT2D eigenvalue weighted by Gasteiger charge is -2.09. The second-order valence-corrected chi connectivity index (χ2v) is 4.52. The lowest BCUT2D eigenvalue weighted by Crippen LogP contribution is -2.28. The molecular formula is C14H11O5-. The molecule has 0 atom stereocenters. The van der Waals surface area contributed by atoms with E-state index in [-0.39, 0.29) is 5.63 Å². The quantitative estimate of drug-likeness (QED) is 0.746. The molecule has 0 aliphatic heterocycles. The van der Waals surface area contributed by atoms with Crippen LogP contribution in [-0.4, -0.2) is 12.6 Å². The van der Waals surface area contributed by atoms with Crippen molar-refractivity contribution in [1.82, 2.24) is 0 Å². The van der Waals surface area contributed by atoms with Crippen molar-refractivity contribution in [1.29, 1.82) is 0 Å². The number of fused-ring (bicyclic) bond motifs is 3. The van der Waals surface area contributed by atoms with Crippen LogP contribution in [0.5, 0.6) is 5.75 Å². The molecule has 19 heavy (non-hydrogen) atoms. The first-order valence-electron chi connectivity index (χ1n) is 6.06. The van der Waals surface area contributed by atoms with Gasteiger partial charge in [0.2, 0.25) is 0 Å². The van der Waals surface area contributed by atoms with E-state index in [0.29, 0.717) is 11.3 Å². The predicted octanol–water partition coefficient (Wildman–Crippen LogP) is 0.410. The van der Waals surface area contributed by atoms with Crippen LogP contribution >= 0.6 is 0 Å². The number of ether oxygens (including phenoxy) is 1. The molecule has 3 rings (SSSR count). The van der Waals surface area contributed by atoms with Gasteiger partial charge < -0.3 is 19.1 Å². The summed E-state index contributed by atoms with van der Waals surface area (Å²) in [6, 6.07) is 4.92. The molecule has 5 heteroatoms. The molecule has 1 aromatic heterocycles. The van der Waals surface area contributed by atoms with Gasteiger partial charge in [0.1, 0.15) is 17.9 Å². The van der Waals surface area contributed by atoms with Gasteiger partial charge in [-0.05, 0) is 43.0 Å². The molecule has 0 amide bonds. The van der Waals surface area contributed by atoms with Crippen molar-refractivity contribution in [3.05, 3.63) is 39.7 Å².